The number of pyridine rings is 1. The molecule has 0 aliphatic carbocycles. The molecule has 0 spiro atoms. The smallest absolute Gasteiger partial charge is 0.271 e. The first kappa shape index (κ1) is 18.1. The van der Waals surface area contributed by atoms with Crippen LogP contribution in [0.15, 0.2) is 11.1 Å². The van der Waals surface area contributed by atoms with Crippen LogP contribution in [0.25, 0.3) is 20.4 Å². The van der Waals surface area contributed by atoms with Crippen LogP contribution in [0.3, 0.4) is 0 Å². The van der Waals surface area contributed by atoms with Gasteiger partial charge in [0.05, 0.1) is 29.7 Å². The minimum Gasteiger partial charge on any atom is -0.370 e. The van der Waals surface area contributed by atoms with Gasteiger partial charge in [-0.25, -0.2) is 9.97 Å². The van der Waals surface area contributed by atoms with Gasteiger partial charge in [0.15, 0.2) is 0 Å². The quantitative estimate of drug-likeness (QED) is 0.745. The summed E-state index contributed by atoms with van der Waals surface area (Å²) in [5, 5.41) is 0.939. The molecule has 1 amide bonds. The molecular weight excluding hydrogens is 364 g/mol. The van der Waals surface area contributed by atoms with E-state index in [1.54, 1.807) is 0 Å². The Morgan fingerprint density at radius 2 is 2.15 bits per heavy atom. The highest BCUT2D eigenvalue weighted by Gasteiger charge is 2.32. The number of carbonyl (C=O) groups is 1. The van der Waals surface area contributed by atoms with Crippen molar-refractivity contribution in [1.82, 2.24) is 14.5 Å². The zero-order valence-corrected chi connectivity index (χ0v) is 16.6. The SMILES string of the molecule is CC(C)c1nc2sc3c(=O)n(CC(N)=O)cnc3c2c2c1COC(C)(C)C2. The third-order valence-corrected chi connectivity index (χ3v) is 5.99. The van der Waals surface area contributed by atoms with E-state index in [2.05, 4.69) is 32.7 Å². The summed E-state index contributed by atoms with van der Waals surface area (Å²) in [4.78, 5) is 34.2. The normalized spacial score (nSPS) is 16.2. The number of fused-ring (bicyclic) bond motifs is 5. The molecule has 0 aromatic carbocycles. The topological polar surface area (TPSA) is 100 Å². The molecule has 0 saturated heterocycles. The van der Waals surface area contributed by atoms with E-state index >= 15 is 0 Å². The van der Waals surface area contributed by atoms with Crippen LogP contribution >= 0.6 is 11.3 Å². The lowest BCUT2D eigenvalue weighted by Gasteiger charge is -2.33. The highest BCUT2D eigenvalue weighted by molar-refractivity contribution is 7.25. The number of thiophene rings is 1. The summed E-state index contributed by atoms with van der Waals surface area (Å²) in [6, 6.07) is 0. The fraction of sp³-hybridized carbons (Fsp3) is 0.474. The Kier molecular flexibility index (Phi) is 4.08. The van der Waals surface area contributed by atoms with Crippen molar-refractivity contribution in [2.75, 3.05) is 0 Å². The van der Waals surface area contributed by atoms with Gasteiger partial charge in [-0.2, -0.15) is 0 Å². The number of nitrogens with zero attached hydrogens (tertiary/aromatic N) is 3. The van der Waals surface area contributed by atoms with Gasteiger partial charge in [-0.05, 0) is 25.3 Å². The molecular formula is C19H22N4O3S. The van der Waals surface area contributed by atoms with E-state index in [0.29, 0.717) is 16.8 Å². The van der Waals surface area contributed by atoms with Crippen molar-refractivity contribution in [1.29, 1.82) is 0 Å². The van der Waals surface area contributed by atoms with Crippen molar-refractivity contribution in [2.24, 2.45) is 5.73 Å². The van der Waals surface area contributed by atoms with Crippen LogP contribution < -0.4 is 11.3 Å². The standard InChI is InChI=1S/C19H22N4O3S/c1-9(2)14-11-7-26-19(3,4)5-10(11)13-15-16(27-17(13)22-14)18(25)23(8-21-15)6-12(20)24/h8-9H,5-7H2,1-4H3,(H2,20,24). The molecule has 1 aliphatic rings. The van der Waals surface area contributed by atoms with Gasteiger partial charge in [-0.15, -0.1) is 11.3 Å². The van der Waals surface area contributed by atoms with E-state index in [1.807, 2.05) is 0 Å². The first-order chi connectivity index (χ1) is 12.7. The Labute approximate surface area is 160 Å². The zero-order valence-electron chi connectivity index (χ0n) is 15.8. The molecule has 27 heavy (non-hydrogen) atoms. The van der Waals surface area contributed by atoms with Crippen LogP contribution in [-0.2, 0) is 29.1 Å². The van der Waals surface area contributed by atoms with Gasteiger partial charge in [0, 0.05) is 17.4 Å². The Bertz CT molecular complexity index is 1140. The number of ether oxygens (including phenoxy) is 1. The van der Waals surface area contributed by atoms with Crippen LogP contribution in [0.5, 0.6) is 0 Å². The molecule has 0 radical (unpaired) electrons. The lowest BCUT2D eigenvalue weighted by atomic mass is 9.87. The summed E-state index contributed by atoms with van der Waals surface area (Å²) in [5.41, 5.74) is 8.64. The molecule has 4 heterocycles. The molecule has 2 N–H and O–H groups in total. The number of hydrogen-bond donors (Lipinski definition) is 1. The number of aromatic nitrogens is 3. The van der Waals surface area contributed by atoms with Crippen LogP contribution in [0.4, 0.5) is 0 Å². The van der Waals surface area contributed by atoms with E-state index < -0.39 is 5.91 Å². The predicted octanol–water partition coefficient (Wildman–Crippen LogP) is 2.47. The first-order valence-electron chi connectivity index (χ1n) is 8.93. The molecule has 0 bridgehead atoms. The molecule has 1 aliphatic heterocycles. The number of rotatable bonds is 3. The van der Waals surface area contributed by atoms with E-state index in [-0.39, 0.29) is 23.6 Å². The third-order valence-electron chi connectivity index (χ3n) is 4.93. The zero-order chi connectivity index (χ0) is 19.5. The monoisotopic (exact) mass is 386 g/mol. The molecule has 7 nitrogen and oxygen atoms in total. The molecule has 0 fully saturated rings. The van der Waals surface area contributed by atoms with Crippen molar-refractivity contribution in [3.05, 3.63) is 33.5 Å². The Morgan fingerprint density at radius 3 is 2.81 bits per heavy atom. The van der Waals surface area contributed by atoms with Gasteiger partial charge in [-0.3, -0.25) is 14.2 Å². The fourth-order valence-electron chi connectivity index (χ4n) is 3.68. The first-order valence-corrected chi connectivity index (χ1v) is 9.75. The molecule has 4 rings (SSSR count). The average Bonchev–Trinajstić information content (AvgIpc) is 2.95. The largest absolute Gasteiger partial charge is 0.370 e. The minimum atomic E-state index is -0.573. The molecule has 8 heteroatoms. The molecule has 142 valence electrons. The maximum atomic E-state index is 12.8. The van der Waals surface area contributed by atoms with E-state index in [1.165, 1.54) is 27.8 Å². The number of amides is 1. The summed E-state index contributed by atoms with van der Waals surface area (Å²) in [5.74, 6) is -0.325. The lowest BCUT2D eigenvalue weighted by Crippen LogP contribution is -2.33. The lowest BCUT2D eigenvalue weighted by molar-refractivity contribution is -0.118. The van der Waals surface area contributed by atoms with Crippen molar-refractivity contribution < 1.29 is 9.53 Å². The molecule has 0 unspecified atom stereocenters. The summed E-state index contributed by atoms with van der Waals surface area (Å²) in [7, 11) is 0. The summed E-state index contributed by atoms with van der Waals surface area (Å²) in [6.07, 6.45) is 2.13. The molecule has 3 aromatic heterocycles. The van der Waals surface area contributed by atoms with Crippen LogP contribution in [0.2, 0.25) is 0 Å². The second-order valence-corrected chi connectivity index (χ2v) is 8.94. The van der Waals surface area contributed by atoms with E-state index in [4.69, 9.17) is 15.5 Å². The highest BCUT2D eigenvalue weighted by Crippen LogP contribution is 2.40. The molecule has 3 aromatic rings. The van der Waals surface area contributed by atoms with Crippen LogP contribution in [-0.4, -0.2) is 26.0 Å². The summed E-state index contributed by atoms with van der Waals surface area (Å²) < 4.78 is 7.79. The maximum absolute atomic E-state index is 12.8. The predicted molar refractivity (Wildman–Crippen MR) is 105 cm³/mol. The highest BCUT2D eigenvalue weighted by atomic mass is 32.1. The van der Waals surface area contributed by atoms with Gasteiger partial charge in [0.2, 0.25) is 5.91 Å². The maximum Gasteiger partial charge on any atom is 0.271 e. The number of carbonyl (C=O) groups excluding carboxylic acids is 1. The number of nitrogens with two attached hydrogens (primary N) is 1. The van der Waals surface area contributed by atoms with Gasteiger partial charge >= 0.3 is 0 Å². The third kappa shape index (κ3) is 2.93. The van der Waals surface area contributed by atoms with Crippen molar-refractivity contribution in [2.45, 2.75) is 58.8 Å². The van der Waals surface area contributed by atoms with Crippen molar-refractivity contribution >= 4 is 37.7 Å². The Balaban J connectivity index is 2.07. The van der Waals surface area contributed by atoms with Gasteiger partial charge < -0.3 is 10.5 Å². The summed E-state index contributed by atoms with van der Waals surface area (Å²) >= 11 is 1.33. The number of hydrogen-bond acceptors (Lipinski definition) is 6. The average molecular weight is 386 g/mol. The second-order valence-electron chi connectivity index (χ2n) is 7.94. The molecule has 0 saturated carbocycles. The Morgan fingerprint density at radius 1 is 1.41 bits per heavy atom. The molecule has 0 atom stereocenters. The number of primary amides is 1. The van der Waals surface area contributed by atoms with E-state index in [0.717, 1.165) is 27.9 Å². The summed E-state index contributed by atoms with van der Waals surface area (Å²) in [6.45, 7) is 8.69. The second kappa shape index (κ2) is 6.10. The fourth-order valence-corrected chi connectivity index (χ4v) is 4.80. The van der Waals surface area contributed by atoms with Crippen LogP contribution in [0, 0.1) is 0 Å². The van der Waals surface area contributed by atoms with E-state index in [9.17, 15) is 9.59 Å². The van der Waals surface area contributed by atoms with Crippen molar-refractivity contribution in [3.63, 3.8) is 0 Å². The minimum absolute atomic E-state index is 0.181. The van der Waals surface area contributed by atoms with Gasteiger partial charge in [0.25, 0.3) is 5.56 Å². The van der Waals surface area contributed by atoms with Gasteiger partial charge in [-0.1, -0.05) is 13.8 Å². The van der Waals surface area contributed by atoms with Crippen molar-refractivity contribution in [3.8, 4) is 0 Å². The van der Waals surface area contributed by atoms with Gasteiger partial charge in [0.1, 0.15) is 16.1 Å². The Hall–Kier alpha value is -2.32. The van der Waals surface area contributed by atoms with Crippen LogP contribution in [0.1, 0.15) is 50.4 Å².